The van der Waals surface area contributed by atoms with Crippen LogP contribution in [0.15, 0.2) is 65.5 Å². The van der Waals surface area contributed by atoms with E-state index in [1.807, 2.05) is 42.5 Å². The zero-order valence-corrected chi connectivity index (χ0v) is 14.6. The Hall–Kier alpha value is -3.06. The summed E-state index contributed by atoms with van der Waals surface area (Å²) in [6.07, 6.45) is 8.89. The lowest BCUT2D eigenvalue weighted by Gasteiger charge is -2.06. The van der Waals surface area contributed by atoms with Crippen molar-refractivity contribution in [3.05, 3.63) is 86.8 Å². The average Bonchev–Trinajstić information content (AvgIpc) is 2.61. The molecule has 25 heavy (non-hydrogen) atoms. The first kappa shape index (κ1) is 16.8. The maximum atomic E-state index is 11.1. The third-order valence-corrected chi connectivity index (χ3v) is 3.76. The predicted octanol–water partition coefficient (Wildman–Crippen LogP) is 5.06. The molecule has 2 heterocycles. The van der Waals surface area contributed by atoms with Crippen LogP contribution in [0.2, 0.25) is 0 Å². The van der Waals surface area contributed by atoms with Crippen LogP contribution in [-0.4, -0.2) is 14.9 Å². The van der Waals surface area contributed by atoms with Gasteiger partial charge in [0, 0.05) is 34.8 Å². The van der Waals surface area contributed by atoms with E-state index >= 15 is 0 Å². The lowest BCUT2D eigenvalue weighted by molar-refractivity contribution is -0.384. The van der Waals surface area contributed by atoms with Gasteiger partial charge in [0.2, 0.25) is 5.82 Å². The van der Waals surface area contributed by atoms with E-state index in [4.69, 9.17) is 0 Å². The summed E-state index contributed by atoms with van der Waals surface area (Å²) >= 11 is 3.39. The molecular weight excluding hydrogens is 384 g/mol. The molecule has 0 bridgehead atoms. The largest absolute Gasteiger partial charge is 0.334 e. The SMILES string of the molecule is O=[N+]([O-])c1cccnc1Nc1cccc(C=Cc2cncc(Br)c2)c1. The fraction of sp³-hybridized carbons (Fsp3) is 0. The smallest absolute Gasteiger partial charge is 0.311 e. The molecule has 3 aromatic rings. The molecule has 0 unspecified atom stereocenters. The summed E-state index contributed by atoms with van der Waals surface area (Å²) in [6.45, 7) is 0. The highest BCUT2D eigenvalue weighted by Crippen LogP contribution is 2.25. The summed E-state index contributed by atoms with van der Waals surface area (Å²) in [6, 6.07) is 12.4. The Morgan fingerprint density at radius 3 is 2.72 bits per heavy atom. The second-order valence-electron chi connectivity index (χ2n) is 5.15. The summed E-state index contributed by atoms with van der Waals surface area (Å²) in [7, 11) is 0. The maximum absolute atomic E-state index is 11.1. The predicted molar refractivity (Wildman–Crippen MR) is 101 cm³/mol. The standard InChI is InChI=1S/C18H13BrN4O2/c19-15-9-14(11-20-12-15)7-6-13-3-1-4-16(10-13)22-18-17(23(24)25)5-2-8-21-18/h1-12H,(H,21,22). The highest BCUT2D eigenvalue weighted by atomic mass is 79.9. The quantitative estimate of drug-likeness (QED) is 0.481. The molecule has 124 valence electrons. The van der Waals surface area contributed by atoms with Gasteiger partial charge in [0.05, 0.1) is 4.92 Å². The Kier molecular flexibility index (Phi) is 5.15. The molecule has 0 saturated carbocycles. The molecule has 1 N–H and O–H groups in total. The van der Waals surface area contributed by atoms with E-state index in [2.05, 4.69) is 31.2 Å². The highest BCUT2D eigenvalue weighted by Gasteiger charge is 2.13. The summed E-state index contributed by atoms with van der Waals surface area (Å²) < 4.78 is 0.910. The van der Waals surface area contributed by atoms with Gasteiger partial charge in [-0.2, -0.15) is 0 Å². The fourth-order valence-electron chi connectivity index (χ4n) is 2.21. The van der Waals surface area contributed by atoms with Crippen LogP contribution in [0.5, 0.6) is 0 Å². The number of anilines is 2. The number of aromatic nitrogens is 2. The number of nitrogens with one attached hydrogen (secondary N) is 1. The Morgan fingerprint density at radius 2 is 1.92 bits per heavy atom. The molecule has 0 radical (unpaired) electrons. The first-order valence-corrected chi connectivity index (χ1v) is 8.16. The second-order valence-corrected chi connectivity index (χ2v) is 6.06. The Balaban J connectivity index is 1.82. The molecule has 0 fully saturated rings. The molecule has 0 aliphatic rings. The van der Waals surface area contributed by atoms with Crippen LogP contribution in [0.1, 0.15) is 11.1 Å². The van der Waals surface area contributed by atoms with E-state index in [1.54, 1.807) is 12.4 Å². The minimum absolute atomic E-state index is 0.0661. The number of benzene rings is 1. The van der Waals surface area contributed by atoms with Gasteiger partial charge >= 0.3 is 5.69 Å². The number of nitro groups is 1. The van der Waals surface area contributed by atoms with E-state index in [-0.39, 0.29) is 11.5 Å². The lowest BCUT2D eigenvalue weighted by Crippen LogP contribution is -1.99. The first-order valence-electron chi connectivity index (χ1n) is 7.37. The minimum Gasteiger partial charge on any atom is -0.334 e. The molecule has 0 spiro atoms. The van der Waals surface area contributed by atoms with Crippen LogP contribution in [0.25, 0.3) is 12.2 Å². The molecule has 6 nitrogen and oxygen atoms in total. The number of pyridine rings is 2. The summed E-state index contributed by atoms with van der Waals surface area (Å²) in [5.41, 5.74) is 2.57. The van der Waals surface area contributed by atoms with Crippen LogP contribution in [-0.2, 0) is 0 Å². The van der Waals surface area contributed by atoms with Gasteiger partial charge in [0.1, 0.15) is 0 Å². The van der Waals surface area contributed by atoms with E-state index in [9.17, 15) is 10.1 Å². The van der Waals surface area contributed by atoms with Crippen molar-refractivity contribution in [2.45, 2.75) is 0 Å². The van der Waals surface area contributed by atoms with Crippen molar-refractivity contribution in [2.24, 2.45) is 0 Å². The van der Waals surface area contributed by atoms with Crippen molar-refractivity contribution in [2.75, 3.05) is 5.32 Å². The van der Waals surface area contributed by atoms with Crippen molar-refractivity contribution in [1.29, 1.82) is 0 Å². The number of rotatable bonds is 5. The van der Waals surface area contributed by atoms with Gasteiger partial charge in [-0.05, 0) is 51.3 Å². The third-order valence-electron chi connectivity index (χ3n) is 3.33. The van der Waals surface area contributed by atoms with Crippen molar-refractivity contribution < 1.29 is 4.92 Å². The molecule has 2 aromatic heterocycles. The van der Waals surface area contributed by atoms with Crippen molar-refractivity contribution in [3.8, 4) is 0 Å². The van der Waals surface area contributed by atoms with E-state index in [0.29, 0.717) is 0 Å². The summed E-state index contributed by atoms with van der Waals surface area (Å²) in [5, 5.41) is 14.1. The fourth-order valence-corrected chi connectivity index (χ4v) is 2.59. The maximum Gasteiger partial charge on any atom is 0.311 e. The Morgan fingerprint density at radius 1 is 1.08 bits per heavy atom. The number of nitrogens with zero attached hydrogens (tertiary/aromatic N) is 3. The third kappa shape index (κ3) is 4.48. The molecule has 3 rings (SSSR count). The normalized spacial score (nSPS) is 10.8. The van der Waals surface area contributed by atoms with Crippen LogP contribution >= 0.6 is 15.9 Å². The minimum atomic E-state index is -0.459. The van der Waals surface area contributed by atoms with Gasteiger partial charge in [-0.25, -0.2) is 4.98 Å². The molecule has 0 aliphatic heterocycles. The van der Waals surface area contributed by atoms with E-state index in [0.717, 1.165) is 21.3 Å². The molecule has 0 aliphatic carbocycles. The number of halogens is 1. The molecule has 0 amide bonds. The average molecular weight is 397 g/mol. The molecule has 1 aromatic carbocycles. The van der Waals surface area contributed by atoms with Gasteiger partial charge in [-0.15, -0.1) is 0 Å². The first-order chi connectivity index (χ1) is 12.1. The van der Waals surface area contributed by atoms with E-state index in [1.165, 1.54) is 18.3 Å². The van der Waals surface area contributed by atoms with E-state index < -0.39 is 4.92 Å². The van der Waals surface area contributed by atoms with Gasteiger partial charge in [0.25, 0.3) is 0 Å². The van der Waals surface area contributed by atoms with Gasteiger partial charge < -0.3 is 5.32 Å². The Bertz CT molecular complexity index is 944. The van der Waals surface area contributed by atoms with Crippen LogP contribution < -0.4 is 5.32 Å². The summed E-state index contributed by atoms with van der Waals surface area (Å²) in [5.74, 6) is 0.213. The van der Waals surface area contributed by atoms with Gasteiger partial charge in [0.15, 0.2) is 0 Å². The van der Waals surface area contributed by atoms with Crippen molar-refractivity contribution >= 4 is 45.3 Å². The zero-order chi connectivity index (χ0) is 17.6. The van der Waals surface area contributed by atoms with Crippen LogP contribution in [0, 0.1) is 10.1 Å². The highest BCUT2D eigenvalue weighted by molar-refractivity contribution is 9.10. The monoisotopic (exact) mass is 396 g/mol. The topological polar surface area (TPSA) is 81.0 Å². The van der Waals surface area contributed by atoms with Gasteiger partial charge in [-0.3, -0.25) is 15.1 Å². The molecular formula is C18H13BrN4O2. The van der Waals surface area contributed by atoms with Crippen LogP contribution in [0.3, 0.4) is 0 Å². The number of hydrogen-bond donors (Lipinski definition) is 1. The van der Waals surface area contributed by atoms with Crippen LogP contribution in [0.4, 0.5) is 17.2 Å². The van der Waals surface area contributed by atoms with Crippen molar-refractivity contribution in [1.82, 2.24) is 9.97 Å². The molecule has 7 heteroatoms. The lowest BCUT2D eigenvalue weighted by atomic mass is 10.1. The summed E-state index contributed by atoms with van der Waals surface area (Å²) in [4.78, 5) is 18.8. The molecule has 0 atom stereocenters. The zero-order valence-electron chi connectivity index (χ0n) is 13.0. The Labute approximate surface area is 152 Å². The van der Waals surface area contributed by atoms with Gasteiger partial charge in [-0.1, -0.05) is 24.3 Å². The number of hydrogen-bond acceptors (Lipinski definition) is 5. The second kappa shape index (κ2) is 7.67. The van der Waals surface area contributed by atoms with Crippen molar-refractivity contribution in [3.63, 3.8) is 0 Å². The molecule has 0 saturated heterocycles.